The summed E-state index contributed by atoms with van der Waals surface area (Å²) in [5.74, 6) is -1.11. The van der Waals surface area contributed by atoms with E-state index < -0.39 is 49.4 Å². The highest BCUT2D eigenvalue weighted by molar-refractivity contribution is 9.09. The number of nitrogens with zero attached hydrogens (tertiary/aromatic N) is 3. The van der Waals surface area contributed by atoms with Crippen LogP contribution in [0.15, 0.2) is 24.1 Å². The SMILES string of the molecule is C=CS(=O)(=O)OCCN(CCBr)c1c(C(N)=O)cc([N+](=O)[O-])cc1[N+](=O)[O-]. The Bertz CT molecular complexity index is 838. The van der Waals surface area contributed by atoms with Crippen molar-refractivity contribution in [1.82, 2.24) is 0 Å². The molecule has 0 aliphatic carbocycles. The highest BCUT2D eigenvalue weighted by Gasteiger charge is 2.30. The number of nitro groups is 2. The van der Waals surface area contributed by atoms with Crippen molar-refractivity contribution in [2.24, 2.45) is 5.73 Å². The summed E-state index contributed by atoms with van der Waals surface area (Å²) in [5.41, 5.74) is 3.14. The average Bonchev–Trinajstić information content (AvgIpc) is 2.59. The Balaban J connectivity index is 3.46. The van der Waals surface area contributed by atoms with E-state index in [0.717, 1.165) is 6.07 Å². The largest absolute Gasteiger partial charge is 0.366 e. The fourth-order valence-electron chi connectivity index (χ4n) is 2.12. The van der Waals surface area contributed by atoms with E-state index in [1.54, 1.807) is 0 Å². The summed E-state index contributed by atoms with van der Waals surface area (Å²) in [6.07, 6.45) is 0. The van der Waals surface area contributed by atoms with Crippen LogP contribution in [-0.2, 0) is 14.3 Å². The zero-order valence-electron chi connectivity index (χ0n) is 13.7. The smallest absolute Gasteiger partial charge is 0.300 e. The fourth-order valence-corrected chi connectivity index (χ4v) is 2.95. The highest BCUT2D eigenvalue weighted by atomic mass is 79.9. The van der Waals surface area contributed by atoms with Gasteiger partial charge in [0.2, 0.25) is 0 Å². The quantitative estimate of drug-likeness (QED) is 0.217. The Labute approximate surface area is 162 Å². The van der Waals surface area contributed by atoms with E-state index >= 15 is 0 Å². The number of alkyl halides is 1. The summed E-state index contributed by atoms with van der Waals surface area (Å²) in [6, 6.07) is 1.53. The lowest BCUT2D eigenvalue weighted by Gasteiger charge is -2.25. The van der Waals surface area contributed by atoms with E-state index in [1.807, 2.05) is 0 Å². The van der Waals surface area contributed by atoms with Gasteiger partial charge in [0.25, 0.3) is 27.4 Å². The summed E-state index contributed by atoms with van der Waals surface area (Å²) in [6.45, 7) is 2.58. The average molecular weight is 467 g/mol. The van der Waals surface area contributed by atoms with Gasteiger partial charge in [-0.05, 0) is 0 Å². The summed E-state index contributed by atoms with van der Waals surface area (Å²) in [5, 5.41) is 23.3. The third kappa shape index (κ3) is 5.97. The number of nitro benzene ring substituents is 2. The molecule has 14 heteroatoms. The molecule has 2 N–H and O–H groups in total. The number of hydrogen-bond donors (Lipinski definition) is 1. The number of anilines is 1. The number of rotatable bonds is 11. The van der Waals surface area contributed by atoms with Crippen LogP contribution in [-0.4, -0.2) is 49.2 Å². The first-order chi connectivity index (χ1) is 12.5. The maximum atomic E-state index is 11.8. The van der Waals surface area contributed by atoms with Gasteiger partial charge in [0.15, 0.2) is 0 Å². The number of non-ortho nitro benzene ring substituents is 1. The Morgan fingerprint density at radius 1 is 1.30 bits per heavy atom. The molecule has 1 aromatic carbocycles. The van der Waals surface area contributed by atoms with Crippen LogP contribution in [0.3, 0.4) is 0 Å². The second kappa shape index (κ2) is 9.38. The molecule has 0 saturated carbocycles. The lowest BCUT2D eigenvalue weighted by atomic mass is 10.1. The molecule has 0 aliphatic rings. The third-order valence-corrected chi connectivity index (χ3v) is 4.49. The van der Waals surface area contributed by atoms with E-state index in [4.69, 9.17) is 5.73 Å². The number of carbonyl (C=O) groups is 1. The van der Waals surface area contributed by atoms with Gasteiger partial charge < -0.3 is 10.6 Å². The Morgan fingerprint density at radius 3 is 2.37 bits per heavy atom. The second-order valence-electron chi connectivity index (χ2n) is 4.90. The number of halogens is 1. The first-order valence-corrected chi connectivity index (χ1v) is 9.72. The lowest BCUT2D eigenvalue weighted by Crippen LogP contribution is -2.32. The van der Waals surface area contributed by atoms with Crippen molar-refractivity contribution in [3.63, 3.8) is 0 Å². The van der Waals surface area contributed by atoms with Crippen LogP contribution in [0.5, 0.6) is 0 Å². The zero-order valence-corrected chi connectivity index (χ0v) is 16.1. The van der Waals surface area contributed by atoms with Gasteiger partial charge in [-0.1, -0.05) is 22.5 Å². The Kier molecular flexibility index (Phi) is 7.81. The fraction of sp³-hybridized carbons (Fsp3) is 0.308. The van der Waals surface area contributed by atoms with Gasteiger partial charge in [-0.25, -0.2) is 0 Å². The molecule has 148 valence electrons. The summed E-state index contributed by atoms with van der Waals surface area (Å²) < 4.78 is 27.3. The topological polar surface area (TPSA) is 176 Å². The van der Waals surface area contributed by atoms with Gasteiger partial charge in [-0.3, -0.25) is 29.2 Å². The molecule has 0 aliphatic heterocycles. The molecule has 0 saturated heterocycles. The number of benzene rings is 1. The molecular formula is C13H15BrN4O8S. The van der Waals surface area contributed by atoms with Crippen molar-refractivity contribution in [3.05, 3.63) is 49.9 Å². The van der Waals surface area contributed by atoms with Crippen molar-refractivity contribution in [2.45, 2.75) is 0 Å². The van der Waals surface area contributed by atoms with Gasteiger partial charge >= 0.3 is 0 Å². The molecule has 0 bridgehead atoms. The van der Waals surface area contributed by atoms with Crippen LogP contribution in [0.1, 0.15) is 10.4 Å². The molecular weight excluding hydrogens is 452 g/mol. The molecule has 0 aromatic heterocycles. The molecule has 27 heavy (non-hydrogen) atoms. The number of nitrogens with two attached hydrogens (primary N) is 1. The van der Waals surface area contributed by atoms with Crippen molar-refractivity contribution in [2.75, 3.05) is 29.9 Å². The molecule has 0 fully saturated rings. The first-order valence-electron chi connectivity index (χ1n) is 7.13. The van der Waals surface area contributed by atoms with Crippen LogP contribution in [0.4, 0.5) is 17.1 Å². The predicted molar refractivity (Wildman–Crippen MR) is 99.3 cm³/mol. The van der Waals surface area contributed by atoms with Crippen LogP contribution >= 0.6 is 15.9 Å². The van der Waals surface area contributed by atoms with E-state index in [0.29, 0.717) is 11.5 Å². The van der Waals surface area contributed by atoms with Crippen molar-refractivity contribution >= 4 is 49.0 Å². The minimum atomic E-state index is -3.97. The monoisotopic (exact) mass is 466 g/mol. The Hall–Kier alpha value is -2.58. The zero-order chi connectivity index (χ0) is 20.8. The normalized spacial score (nSPS) is 11.0. The maximum absolute atomic E-state index is 11.8. The minimum absolute atomic E-state index is 0.0937. The number of hydrogen-bond acceptors (Lipinski definition) is 9. The highest BCUT2D eigenvalue weighted by Crippen LogP contribution is 2.36. The van der Waals surface area contributed by atoms with Gasteiger partial charge in [0.1, 0.15) is 5.69 Å². The number of amides is 1. The third-order valence-electron chi connectivity index (χ3n) is 3.23. The molecule has 0 unspecified atom stereocenters. The Morgan fingerprint density at radius 2 is 1.93 bits per heavy atom. The van der Waals surface area contributed by atoms with Crippen molar-refractivity contribution in [3.8, 4) is 0 Å². The van der Waals surface area contributed by atoms with Crippen LogP contribution < -0.4 is 10.6 Å². The van der Waals surface area contributed by atoms with E-state index in [1.165, 1.54) is 4.90 Å². The maximum Gasteiger partial charge on any atom is 0.300 e. The van der Waals surface area contributed by atoms with Gasteiger partial charge in [0.05, 0.1) is 33.5 Å². The molecule has 1 aromatic rings. The van der Waals surface area contributed by atoms with E-state index in [2.05, 4.69) is 26.7 Å². The molecule has 0 radical (unpaired) electrons. The summed E-state index contributed by atoms with van der Waals surface area (Å²) >= 11 is 3.14. The second-order valence-corrected chi connectivity index (χ2v) is 7.24. The standard InChI is InChI=1S/C13H15BrN4O8S/c1-2-27(24,25)26-6-5-16(4-3-14)12-10(13(15)19)7-9(17(20)21)8-11(12)18(22)23/h2,7-8H,1,3-6H2,(H2,15,19). The molecule has 1 amide bonds. The van der Waals surface area contributed by atoms with E-state index in [-0.39, 0.29) is 24.1 Å². The van der Waals surface area contributed by atoms with Gasteiger partial charge in [-0.2, -0.15) is 8.42 Å². The van der Waals surface area contributed by atoms with Crippen molar-refractivity contribution in [1.29, 1.82) is 0 Å². The van der Waals surface area contributed by atoms with Gasteiger partial charge in [0, 0.05) is 24.5 Å². The summed E-state index contributed by atoms with van der Waals surface area (Å²) in [4.78, 5) is 33.6. The van der Waals surface area contributed by atoms with Crippen LogP contribution in [0, 0.1) is 20.2 Å². The van der Waals surface area contributed by atoms with Crippen molar-refractivity contribution < 1.29 is 27.2 Å². The van der Waals surface area contributed by atoms with Crippen LogP contribution in [0.25, 0.3) is 0 Å². The molecule has 1 rings (SSSR count). The van der Waals surface area contributed by atoms with Gasteiger partial charge in [-0.15, -0.1) is 0 Å². The molecule has 0 atom stereocenters. The number of carbonyl (C=O) groups excluding carboxylic acids is 1. The lowest BCUT2D eigenvalue weighted by molar-refractivity contribution is -0.393. The molecule has 0 heterocycles. The predicted octanol–water partition coefficient (Wildman–Crippen LogP) is 1.29. The van der Waals surface area contributed by atoms with Crippen LogP contribution in [0.2, 0.25) is 0 Å². The minimum Gasteiger partial charge on any atom is -0.366 e. The first kappa shape index (κ1) is 22.5. The van der Waals surface area contributed by atoms with E-state index in [9.17, 15) is 33.4 Å². The molecule has 0 spiro atoms. The number of primary amides is 1. The molecule has 12 nitrogen and oxygen atoms in total. The summed E-state index contributed by atoms with van der Waals surface area (Å²) in [7, 11) is -3.97.